The zero-order valence-electron chi connectivity index (χ0n) is 8.23. The molecule has 0 saturated heterocycles. The fourth-order valence-electron chi connectivity index (χ4n) is 0.758. The van der Waals surface area contributed by atoms with Crippen molar-refractivity contribution in [2.45, 2.75) is 13.8 Å². The molecule has 0 saturated carbocycles. The topological polar surface area (TPSA) is 64.1 Å². The maximum absolute atomic E-state index is 11.3. The highest BCUT2D eigenvalue weighted by Gasteiger charge is 2.04. The number of hydrogen-bond acceptors (Lipinski definition) is 4. The maximum atomic E-state index is 11.3. The number of nitrogens with one attached hydrogen (secondary N) is 1. The molecule has 76 valence electrons. The molecule has 1 aromatic rings. The lowest BCUT2D eigenvalue weighted by molar-refractivity contribution is 0.0208. The lowest BCUT2D eigenvalue weighted by Crippen LogP contribution is -2.25. The van der Waals surface area contributed by atoms with Gasteiger partial charge in [-0.3, -0.25) is 9.63 Å². The molecule has 1 heterocycles. The van der Waals surface area contributed by atoms with Crippen LogP contribution in [-0.4, -0.2) is 22.7 Å². The van der Waals surface area contributed by atoms with E-state index in [1.165, 1.54) is 12.4 Å². The highest BCUT2D eigenvalue weighted by atomic mass is 16.6. The highest BCUT2D eigenvalue weighted by molar-refractivity contribution is 5.92. The molecule has 0 fully saturated rings. The van der Waals surface area contributed by atoms with Crippen LogP contribution in [0.4, 0.5) is 0 Å². The van der Waals surface area contributed by atoms with E-state index in [4.69, 9.17) is 4.84 Å². The van der Waals surface area contributed by atoms with Crippen LogP contribution in [0, 0.1) is 5.92 Å². The first-order valence-electron chi connectivity index (χ1n) is 4.39. The monoisotopic (exact) mass is 195 g/mol. The van der Waals surface area contributed by atoms with E-state index >= 15 is 0 Å². The second-order valence-electron chi connectivity index (χ2n) is 3.27. The van der Waals surface area contributed by atoms with Crippen LogP contribution >= 0.6 is 0 Å². The number of hydrogen-bond donors (Lipinski definition) is 1. The van der Waals surface area contributed by atoms with E-state index in [2.05, 4.69) is 15.7 Å². The van der Waals surface area contributed by atoms with E-state index in [9.17, 15) is 4.79 Å². The summed E-state index contributed by atoms with van der Waals surface area (Å²) < 4.78 is 0. The maximum Gasteiger partial charge on any atom is 0.276 e. The zero-order valence-corrected chi connectivity index (χ0v) is 8.23. The number of carbonyl (C=O) groups is 1. The summed E-state index contributed by atoms with van der Waals surface area (Å²) in [4.78, 5) is 16.3. The lowest BCUT2D eigenvalue weighted by Gasteiger charge is -2.06. The summed E-state index contributed by atoms with van der Waals surface area (Å²) in [5, 5.41) is 7.15. The molecule has 0 radical (unpaired) electrons. The van der Waals surface area contributed by atoms with Gasteiger partial charge in [0.05, 0.1) is 24.6 Å². The van der Waals surface area contributed by atoms with Gasteiger partial charge in [-0.2, -0.15) is 10.2 Å². The van der Waals surface area contributed by atoms with Crippen molar-refractivity contribution in [1.29, 1.82) is 0 Å². The first-order chi connectivity index (χ1) is 6.70. The number of carbonyl (C=O) groups excluding carboxylic acids is 1. The number of hydroxylamine groups is 1. The van der Waals surface area contributed by atoms with Gasteiger partial charge < -0.3 is 0 Å². The molecule has 0 atom stereocenters. The number of nitrogens with zero attached hydrogens (tertiary/aromatic N) is 2. The molecule has 5 heteroatoms. The summed E-state index contributed by atoms with van der Waals surface area (Å²) in [5.41, 5.74) is 2.76. The molecule has 0 unspecified atom stereocenters. The van der Waals surface area contributed by atoms with E-state index < -0.39 is 0 Å². The number of rotatable bonds is 4. The van der Waals surface area contributed by atoms with Crippen LogP contribution in [-0.2, 0) is 4.84 Å². The molecule has 1 rings (SSSR count). The first kappa shape index (κ1) is 10.6. The van der Waals surface area contributed by atoms with Crippen LogP contribution in [0.25, 0.3) is 0 Å². The van der Waals surface area contributed by atoms with Crippen LogP contribution in [0.5, 0.6) is 0 Å². The molecule has 0 bridgehead atoms. The SMILES string of the molecule is CC(C)CONC(=O)c1ccnnc1. The predicted octanol–water partition coefficient (Wildman–Crippen LogP) is 0.794. The minimum Gasteiger partial charge on any atom is -0.273 e. The quantitative estimate of drug-likeness (QED) is 0.721. The minimum atomic E-state index is -0.305. The van der Waals surface area contributed by atoms with Crippen molar-refractivity contribution in [3.8, 4) is 0 Å². The average molecular weight is 195 g/mol. The molecule has 5 nitrogen and oxygen atoms in total. The van der Waals surface area contributed by atoms with Gasteiger partial charge >= 0.3 is 0 Å². The predicted molar refractivity (Wildman–Crippen MR) is 50.3 cm³/mol. The van der Waals surface area contributed by atoms with Crippen molar-refractivity contribution < 1.29 is 9.63 Å². The third-order valence-electron chi connectivity index (χ3n) is 1.43. The smallest absolute Gasteiger partial charge is 0.273 e. The Labute approximate surface area is 82.4 Å². The molecule has 0 spiro atoms. The Morgan fingerprint density at radius 1 is 1.57 bits per heavy atom. The summed E-state index contributed by atoms with van der Waals surface area (Å²) in [6.07, 6.45) is 2.84. The van der Waals surface area contributed by atoms with Gasteiger partial charge in [0.15, 0.2) is 0 Å². The Bertz CT molecular complexity index is 287. The van der Waals surface area contributed by atoms with Gasteiger partial charge in [0.1, 0.15) is 0 Å². The lowest BCUT2D eigenvalue weighted by atomic mass is 10.2. The van der Waals surface area contributed by atoms with Crippen LogP contribution in [0.1, 0.15) is 24.2 Å². The third-order valence-corrected chi connectivity index (χ3v) is 1.43. The summed E-state index contributed by atoms with van der Waals surface area (Å²) in [7, 11) is 0. The number of aromatic nitrogens is 2. The van der Waals surface area contributed by atoms with Gasteiger partial charge in [0.2, 0.25) is 0 Å². The van der Waals surface area contributed by atoms with Gasteiger partial charge in [-0.05, 0) is 12.0 Å². The van der Waals surface area contributed by atoms with E-state index in [1.54, 1.807) is 6.07 Å². The number of amides is 1. The van der Waals surface area contributed by atoms with Crippen molar-refractivity contribution in [3.63, 3.8) is 0 Å². The van der Waals surface area contributed by atoms with Crippen molar-refractivity contribution in [2.75, 3.05) is 6.61 Å². The van der Waals surface area contributed by atoms with Gasteiger partial charge in [0.25, 0.3) is 5.91 Å². The second-order valence-corrected chi connectivity index (χ2v) is 3.27. The normalized spacial score (nSPS) is 10.2. The molecule has 0 aromatic carbocycles. The molecule has 1 amide bonds. The van der Waals surface area contributed by atoms with Crippen LogP contribution in [0.3, 0.4) is 0 Å². The molecule has 0 aliphatic carbocycles. The molecular weight excluding hydrogens is 182 g/mol. The minimum absolute atomic E-state index is 0.305. The van der Waals surface area contributed by atoms with Gasteiger partial charge in [0, 0.05) is 0 Å². The van der Waals surface area contributed by atoms with E-state index in [0.29, 0.717) is 18.1 Å². The molecular formula is C9H13N3O2. The summed E-state index contributed by atoms with van der Waals surface area (Å²) in [5.74, 6) is 0.0754. The van der Waals surface area contributed by atoms with E-state index in [-0.39, 0.29) is 5.91 Å². The van der Waals surface area contributed by atoms with Crippen LogP contribution in [0.15, 0.2) is 18.5 Å². The van der Waals surface area contributed by atoms with E-state index in [0.717, 1.165) is 0 Å². The molecule has 0 aliphatic heterocycles. The summed E-state index contributed by atoms with van der Waals surface area (Å²) >= 11 is 0. The molecule has 0 aliphatic rings. The first-order valence-corrected chi connectivity index (χ1v) is 4.39. The molecule has 1 aromatic heterocycles. The van der Waals surface area contributed by atoms with E-state index in [1.807, 2.05) is 13.8 Å². The average Bonchev–Trinajstić information content (AvgIpc) is 2.18. The Balaban J connectivity index is 2.36. The van der Waals surface area contributed by atoms with Crippen molar-refractivity contribution >= 4 is 5.91 Å². The fourth-order valence-corrected chi connectivity index (χ4v) is 0.758. The largest absolute Gasteiger partial charge is 0.276 e. The van der Waals surface area contributed by atoms with Crippen LogP contribution < -0.4 is 5.48 Å². The zero-order chi connectivity index (χ0) is 10.4. The Morgan fingerprint density at radius 3 is 2.93 bits per heavy atom. The van der Waals surface area contributed by atoms with Crippen LogP contribution in [0.2, 0.25) is 0 Å². The van der Waals surface area contributed by atoms with Gasteiger partial charge in [-0.25, -0.2) is 5.48 Å². The highest BCUT2D eigenvalue weighted by Crippen LogP contribution is 1.94. The Morgan fingerprint density at radius 2 is 2.36 bits per heavy atom. The van der Waals surface area contributed by atoms with Crippen molar-refractivity contribution in [2.24, 2.45) is 5.92 Å². The standard InChI is InChI=1S/C9H13N3O2/c1-7(2)6-14-12-9(13)8-3-4-10-11-5-8/h3-5,7H,6H2,1-2H3,(H,12,13). The summed E-state index contributed by atoms with van der Waals surface area (Å²) in [6.45, 7) is 4.49. The third kappa shape index (κ3) is 3.49. The second kappa shape index (κ2) is 5.29. The van der Waals surface area contributed by atoms with Crippen molar-refractivity contribution in [1.82, 2.24) is 15.7 Å². The summed E-state index contributed by atoms with van der Waals surface area (Å²) in [6, 6.07) is 1.57. The molecule has 1 N–H and O–H groups in total. The Hall–Kier alpha value is -1.49. The molecule has 14 heavy (non-hydrogen) atoms. The van der Waals surface area contributed by atoms with Gasteiger partial charge in [-0.15, -0.1) is 0 Å². The van der Waals surface area contributed by atoms with Gasteiger partial charge in [-0.1, -0.05) is 13.8 Å². The Kier molecular flexibility index (Phi) is 4.00. The fraction of sp³-hybridized carbons (Fsp3) is 0.444. The van der Waals surface area contributed by atoms with Crippen molar-refractivity contribution in [3.05, 3.63) is 24.0 Å².